The van der Waals surface area contributed by atoms with Crippen LogP contribution in [0, 0.1) is 0 Å². The molecule has 1 aromatic carbocycles. The van der Waals surface area contributed by atoms with E-state index in [0.717, 1.165) is 10.4 Å². The number of thioether (sulfide) groups is 1. The number of amides is 1. The Labute approximate surface area is 183 Å². The summed E-state index contributed by atoms with van der Waals surface area (Å²) in [6.07, 6.45) is 0.899. The molecule has 0 saturated carbocycles. The maximum absolute atomic E-state index is 13.2. The second-order valence-electron chi connectivity index (χ2n) is 7.06. The predicted octanol–water partition coefficient (Wildman–Crippen LogP) is 2.49. The SMILES string of the molecule is O=C(O)CN1C(=O)[C@@H](N[C@@H](CCc2ccccc2)C(=O)O)CSC[C@H]1c1cccs1. The summed E-state index contributed by atoms with van der Waals surface area (Å²) in [6, 6.07) is 11.4. The van der Waals surface area contributed by atoms with E-state index in [0.29, 0.717) is 24.3 Å². The number of thiophene rings is 1. The Morgan fingerprint density at radius 1 is 1.13 bits per heavy atom. The molecule has 2 heterocycles. The lowest BCUT2D eigenvalue weighted by atomic mass is 10.0. The zero-order chi connectivity index (χ0) is 21.5. The number of rotatable bonds is 9. The molecular formula is C21H24N2O5S2. The number of aliphatic carboxylic acids is 2. The molecule has 3 N–H and O–H groups in total. The van der Waals surface area contributed by atoms with Crippen LogP contribution in [0.15, 0.2) is 47.8 Å². The Kier molecular flexibility index (Phi) is 7.89. The van der Waals surface area contributed by atoms with Gasteiger partial charge in [-0.25, -0.2) is 0 Å². The van der Waals surface area contributed by atoms with Crippen molar-refractivity contribution in [3.8, 4) is 0 Å². The van der Waals surface area contributed by atoms with Crippen molar-refractivity contribution < 1.29 is 24.6 Å². The molecule has 1 amide bonds. The first-order valence-electron chi connectivity index (χ1n) is 9.62. The van der Waals surface area contributed by atoms with Gasteiger partial charge in [-0.2, -0.15) is 11.8 Å². The highest BCUT2D eigenvalue weighted by Crippen LogP contribution is 2.32. The van der Waals surface area contributed by atoms with Crippen molar-refractivity contribution in [1.29, 1.82) is 0 Å². The maximum Gasteiger partial charge on any atom is 0.323 e. The Morgan fingerprint density at radius 3 is 2.53 bits per heavy atom. The fourth-order valence-electron chi connectivity index (χ4n) is 3.46. The number of hydrogen-bond acceptors (Lipinski definition) is 6. The second kappa shape index (κ2) is 10.6. The first-order valence-corrected chi connectivity index (χ1v) is 11.7. The van der Waals surface area contributed by atoms with Crippen molar-refractivity contribution in [3.05, 3.63) is 58.3 Å². The van der Waals surface area contributed by atoms with E-state index in [1.165, 1.54) is 28.0 Å². The Hall–Kier alpha value is -2.36. The highest BCUT2D eigenvalue weighted by Gasteiger charge is 2.37. The van der Waals surface area contributed by atoms with E-state index < -0.39 is 30.6 Å². The van der Waals surface area contributed by atoms with Gasteiger partial charge in [0.25, 0.3) is 0 Å². The van der Waals surface area contributed by atoms with Crippen LogP contribution < -0.4 is 5.32 Å². The van der Waals surface area contributed by atoms with Crippen LogP contribution in [0.25, 0.3) is 0 Å². The van der Waals surface area contributed by atoms with Gasteiger partial charge in [-0.3, -0.25) is 19.7 Å². The van der Waals surface area contributed by atoms with E-state index >= 15 is 0 Å². The molecule has 9 heteroatoms. The van der Waals surface area contributed by atoms with E-state index in [-0.39, 0.29) is 11.9 Å². The highest BCUT2D eigenvalue weighted by atomic mass is 32.2. The average molecular weight is 449 g/mol. The number of carboxylic acids is 2. The van der Waals surface area contributed by atoms with Crippen LogP contribution >= 0.6 is 23.1 Å². The summed E-state index contributed by atoms with van der Waals surface area (Å²) in [4.78, 5) is 38.7. The summed E-state index contributed by atoms with van der Waals surface area (Å²) in [7, 11) is 0. The van der Waals surface area contributed by atoms with Crippen LogP contribution in [-0.4, -0.2) is 63.1 Å². The number of benzene rings is 1. The highest BCUT2D eigenvalue weighted by molar-refractivity contribution is 7.99. The molecule has 0 unspecified atom stereocenters. The molecule has 1 aliphatic heterocycles. The number of hydrogen-bond donors (Lipinski definition) is 3. The molecule has 1 aliphatic rings. The minimum atomic E-state index is -1.09. The third-order valence-corrected chi connectivity index (χ3v) is 7.05. The third kappa shape index (κ3) is 5.84. The van der Waals surface area contributed by atoms with Gasteiger partial charge in [-0.15, -0.1) is 11.3 Å². The van der Waals surface area contributed by atoms with E-state index in [1.54, 1.807) is 0 Å². The smallest absolute Gasteiger partial charge is 0.323 e. The van der Waals surface area contributed by atoms with Crippen LogP contribution in [0.1, 0.15) is 22.9 Å². The fraction of sp³-hybridized carbons (Fsp3) is 0.381. The summed E-state index contributed by atoms with van der Waals surface area (Å²) in [5.41, 5.74) is 1.03. The van der Waals surface area contributed by atoms with Gasteiger partial charge >= 0.3 is 11.9 Å². The van der Waals surface area contributed by atoms with Crippen molar-refractivity contribution in [3.63, 3.8) is 0 Å². The van der Waals surface area contributed by atoms with Gasteiger partial charge in [0.05, 0.1) is 12.1 Å². The summed E-state index contributed by atoms with van der Waals surface area (Å²) in [5, 5.41) is 23.9. The summed E-state index contributed by atoms with van der Waals surface area (Å²) >= 11 is 3.01. The molecule has 1 aromatic heterocycles. The lowest BCUT2D eigenvalue weighted by molar-refractivity contribution is -0.147. The monoisotopic (exact) mass is 448 g/mol. The molecule has 0 radical (unpaired) electrons. The topological polar surface area (TPSA) is 107 Å². The molecule has 0 aliphatic carbocycles. The van der Waals surface area contributed by atoms with Crippen molar-refractivity contribution in [2.45, 2.75) is 31.0 Å². The van der Waals surface area contributed by atoms with Crippen molar-refractivity contribution in [2.75, 3.05) is 18.1 Å². The van der Waals surface area contributed by atoms with Crippen LogP contribution in [0.3, 0.4) is 0 Å². The van der Waals surface area contributed by atoms with Gasteiger partial charge in [0, 0.05) is 16.4 Å². The van der Waals surface area contributed by atoms with Gasteiger partial charge in [0.1, 0.15) is 12.6 Å². The Bertz CT molecular complexity index is 860. The van der Waals surface area contributed by atoms with E-state index in [2.05, 4.69) is 5.32 Å². The second-order valence-corrected chi connectivity index (χ2v) is 9.12. The number of carbonyl (C=O) groups is 3. The molecule has 0 bridgehead atoms. The van der Waals surface area contributed by atoms with Crippen molar-refractivity contribution >= 4 is 40.9 Å². The first kappa shape index (κ1) is 22.3. The van der Waals surface area contributed by atoms with E-state index in [4.69, 9.17) is 0 Å². The van der Waals surface area contributed by atoms with Crippen LogP contribution in [0.4, 0.5) is 0 Å². The molecule has 160 valence electrons. The Morgan fingerprint density at radius 2 is 1.90 bits per heavy atom. The maximum atomic E-state index is 13.2. The van der Waals surface area contributed by atoms with Crippen LogP contribution in [-0.2, 0) is 20.8 Å². The first-order chi connectivity index (χ1) is 14.5. The molecule has 1 saturated heterocycles. The Balaban J connectivity index is 1.73. The van der Waals surface area contributed by atoms with Crippen molar-refractivity contribution in [1.82, 2.24) is 10.2 Å². The summed E-state index contributed by atoms with van der Waals surface area (Å²) < 4.78 is 0. The standard InChI is InChI=1S/C21H24N2O5S2/c24-19(25)11-23-17(18-7-4-10-30-18)13-29-12-16(20(23)26)22-15(21(27)28)9-8-14-5-2-1-3-6-14/h1-7,10,15-17,22H,8-9,11-13H2,(H,24,25)(H,27,28)/t15-,16-,17-/m0/s1. The average Bonchev–Trinajstić information content (AvgIpc) is 3.21. The third-order valence-electron chi connectivity index (χ3n) is 4.96. The minimum Gasteiger partial charge on any atom is -0.480 e. The zero-order valence-electron chi connectivity index (χ0n) is 16.3. The molecule has 7 nitrogen and oxygen atoms in total. The van der Waals surface area contributed by atoms with Crippen LogP contribution in [0.5, 0.6) is 0 Å². The molecule has 1 fully saturated rings. The normalized spacial score (nSPS) is 20.5. The van der Waals surface area contributed by atoms with Crippen molar-refractivity contribution in [2.24, 2.45) is 0 Å². The molecule has 2 aromatic rings. The number of nitrogens with zero attached hydrogens (tertiary/aromatic N) is 1. The molecule has 3 rings (SSSR count). The molecule has 0 spiro atoms. The number of nitrogens with one attached hydrogen (secondary N) is 1. The number of carboxylic acid groups (broad SMARTS) is 2. The largest absolute Gasteiger partial charge is 0.480 e. The number of carbonyl (C=O) groups excluding carboxylic acids is 1. The van der Waals surface area contributed by atoms with Gasteiger partial charge in [0.15, 0.2) is 0 Å². The molecule has 30 heavy (non-hydrogen) atoms. The minimum absolute atomic E-state index is 0.334. The van der Waals surface area contributed by atoms with Gasteiger partial charge in [-0.05, 0) is 29.9 Å². The van der Waals surface area contributed by atoms with Gasteiger partial charge < -0.3 is 15.1 Å². The van der Waals surface area contributed by atoms with Gasteiger partial charge in [-0.1, -0.05) is 36.4 Å². The predicted molar refractivity (Wildman–Crippen MR) is 117 cm³/mol. The lowest BCUT2D eigenvalue weighted by Crippen LogP contribution is -2.53. The van der Waals surface area contributed by atoms with Gasteiger partial charge in [0.2, 0.25) is 5.91 Å². The zero-order valence-corrected chi connectivity index (χ0v) is 17.9. The quantitative estimate of drug-likeness (QED) is 0.541. The van der Waals surface area contributed by atoms with E-state index in [9.17, 15) is 24.6 Å². The van der Waals surface area contributed by atoms with E-state index in [1.807, 2.05) is 47.8 Å². The lowest BCUT2D eigenvalue weighted by Gasteiger charge is -2.30. The number of aryl methyl sites for hydroxylation is 1. The molecule has 3 atom stereocenters. The fourth-order valence-corrected chi connectivity index (χ4v) is 5.60. The summed E-state index contributed by atoms with van der Waals surface area (Å²) in [6.45, 7) is -0.415. The summed E-state index contributed by atoms with van der Waals surface area (Å²) in [5.74, 6) is -1.51. The van der Waals surface area contributed by atoms with Crippen LogP contribution in [0.2, 0.25) is 0 Å². The molecular weight excluding hydrogens is 424 g/mol.